The normalized spacial score (nSPS) is 8.53. The van der Waals surface area contributed by atoms with Crippen LogP contribution in [0.25, 0.3) is 0 Å². The van der Waals surface area contributed by atoms with Gasteiger partial charge in [0.25, 0.3) is 0 Å². The van der Waals surface area contributed by atoms with E-state index in [2.05, 4.69) is 11.8 Å². The molecule has 1 aromatic rings. The summed E-state index contributed by atoms with van der Waals surface area (Å²) in [5.74, 6) is 8.67. The molecular weight excluding hydrogens is 187 g/mol. The van der Waals surface area contributed by atoms with Gasteiger partial charge in [-0.05, 0) is 30.2 Å². The summed E-state index contributed by atoms with van der Waals surface area (Å²) in [6.45, 7) is 0.597. The van der Waals surface area contributed by atoms with Crippen molar-refractivity contribution in [3.05, 3.63) is 29.8 Å². The summed E-state index contributed by atoms with van der Waals surface area (Å²) in [4.78, 5) is 0. The Labute approximate surface area is 90.3 Å². The van der Waals surface area contributed by atoms with E-state index in [1.165, 1.54) is 7.41 Å². The Morgan fingerprint density at radius 1 is 1.40 bits per heavy atom. The van der Waals surface area contributed by atoms with E-state index in [1.54, 1.807) is 12.3 Å². The molecule has 0 unspecified atom stereocenters. The van der Waals surface area contributed by atoms with Gasteiger partial charge in [0, 0.05) is 5.56 Å². The maximum Gasteiger partial charge on any atom is 0.124 e. The maximum absolute atomic E-state index is 8.24. The van der Waals surface area contributed by atoms with E-state index in [9.17, 15) is 0 Å². The molecule has 0 bridgehead atoms. The van der Waals surface area contributed by atoms with Gasteiger partial charge in [-0.3, -0.25) is 0 Å². The van der Waals surface area contributed by atoms with Crippen LogP contribution >= 0.6 is 0 Å². The van der Waals surface area contributed by atoms with Crippen LogP contribution in [0.3, 0.4) is 0 Å². The van der Waals surface area contributed by atoms with Crippen molar-refractivity contribution in [1.29, 1.82) is 5.26 Å². The first-order valence-electron chi connectivity index (χ1n) is 4.54. The Morgan fingerprint density at radius 2 is 2.13 bits per heavy atom. The average molecular weight is 198 g/mol. The number of benzene rings is 1. The first-order valence-corrected chi connectivity index (χ1v) is 4.54. The molecule has 0 amide bonds. The fourth-order valence-corrected chi connectivity index (χ4v) is 0.998. The molecule has 0 saturated heterocycles. The van der Waals surface area contributed by atoms with Crippen molar-refractivity contribution < 1.29 is 9.96 Å². The van der Waals surface area contributed by atoms with Crippen LogP contribution in [-0.2, 0) is 0 Å². The van der Waals surface area contributed by atoms with Gasteiger partial charge in [-0.15, -0.1) is 5.97 Å². The van der Waals surface area contributed by atoms with Crippen molar-refractivity contribution in [3.63, 3.8) is 0 Å². The Balaban J connectivity index is 2.46. The second kappa shape index (κ2) is 6.53. The van der Waals surface area contributed by atoms with Crippen molar-refractivity contribution >= 4 is 7.41 Å². The van der Waals surface area contributed by atoms with Crippen LogP contribution < -0.4 is 9.96 Å². The lowest BCUT2D eigenvalue weighted by molar-refractivity contribution is -0.497. The molecule has 2 radical (unpaired) electrons. The molecule has 0 aromatic heterocycles. The zero-order valence-electron chi connectivity index (χ0n) is 8.53. The molecule has 0 aliphatic carbocycles. The Hall–Kier alpha value is -1.91. The summed E-state index contributed by atoms with van der Waals surface area (Å²) in [6, 6.07) is 7.55. The molecule has 0 spiro atoms. The lowest BCUT2D eigenvalue weighted by Crippen LogP contribution is -2.86. The van der Waals surface area contributed by atoms with Gasteiger partial charge in [0.2, 0.25) is 0 Å². The summed E-state index contributed by atoms with van der Waals surface area (Å²) < 4.78 is 5.03. The highest BCUT2D eigenvalue weighted by Crippen LogP contribution is 2.09. The number of hydrogen-bond donors (Lipinski definition) is 1. The van der Waals surface area contributed by atoms with E-state index in [-0.39, 0.29) is 0 Å². The summed E-state index contributed by atoms with van der Waals surface area (Å²) >= 11 is 0. The predicted molar refractivity (Wildman–Crippen MR) is 58.0 cm³/mol. The quantitative estimate of drug-likeness (QED) is 0.412. The van der Waals surface area contributed by atoms with Crippen molar-refractivity contribution in [2.24, 2.45) is 0 Å². The second-order valence-corrected chi connectivity index (χ2v) is 2.77. The highest BCUT2D eigenvalue weighted by molar-refractivity contribution is 6.34. The molecule has 1 aromatic carbocycles. The number of nitrogens with zero attached hydrogens (tertiary/aromatic N) is 1. The second-order valence-electron chi connectivity index (χ2n) is 2.77. The lowest BCUT2D eigenvalue weighted by Gasteiger charge is -1.98. The Bertz CT molecular complexity index is 397. The van der Waals surface area contributed by atoms with Crippen molar-refractivity contribution in [2.45, 2.75) is 0 Å². The van der Waals surface area contributed by atoms with Crippen LogP contribution in [0.1, 0.15) is 5.56 Å². The first kappa shape index (κ1) is 11.2. The number of nitriles is 1. The number of quaternary nitrogens is 1. The van der Waals surface area contributed by atoms with Gasteiger partial charge in [-0.2, -0.15) is 0 Å². The van der Waals surface area contributed by atoms with Crippen molar-refractivity contribution in [2.75, 3.05) is 13.7 Å². The number of rotatable bonds is 3. The standard InChI is InChI=1S/C11H11BN2O/c1-15-11-6-4-10(5-7-11)3-2-8-14-12-9-13/h4-7H,8,14H2,1H3. The summed E-state index contributed by atoms with van der Waals surface area (Å²) in [6.07, 6.45) is 0. The van der Waals surface area contributed by atoms with Crippen LogP contribution in [0.4, 0.5) is 0 Å². The number of methoxy groups -OCH3 is 1. The third kappa shape index (κ3) is 4.22. The molecule has 4 heteroatoms. The largest absolute Gasteiger partial charge is 0.559 e. The monoisotopic (exact) mass is 198 g/mol. The fourth-order valence-electron chi connectivity index (χ4n) is 0.998. The molecule has 74 valence electrons. The maximum atomic E-state index is 8.24. The smallest absolute Gasteiger partial charge is 0.124 e. The average Bonchev–Trinajstić information content (AvgIpc) is 2.30. The molecule has 2 N–H and O–H groups in total. The number of ether oxygens (including phenoxy) is 1. The van der Waals surface area contributed by atoms with Crippen LogP contribution in [-0.4, -0.2) is 21.1 Å². The molecule has 0 fully saturated rings. The minimum absolute atomic E-state index is 0.597. The van der Waals surface area contributed by atoms with E-state index >= 15 is 0 Å². The van der Waals surface area contributed by atoms with Gasteiger partial charge in [0.1, 0.15) is 13.2 Å². The van der Waals surface area contributed by atoms with Gasteiger partial charge in [-0.1, -0.05) is 5.92 Å². The molecule has 15 heavy (non-hydrogen) atoms. The number of nitrogens with two attached hydrogens (primary N) is 1. The zero-order valence-corrected chi connectivity index (χ0v) is 8.53. The van der Waals surface area contributed by atoms with Gasteiger partial charge in [0.15, 0.2) is 0 Å². The molecular formula is C11H11BN2O. The van der Waals surface area contributed by atoms with Crippen LogP contribution in [0.15, 0.2) is 24.3 Å². The SMILES string of the molecule is COc1ccc(C#CC[NH2+][B-]C#N)cc1. The minimum Gasteiger partial charge on any atom is -0.559 e. The predicted octanol–water partition coefficient (Wildman–Crippen LogP) is -0.290. The summed E-state index contributed by atoms with van der Waals surface area (Å²) in [7, 11) is 3.07. The summed E-state index contributed by atoms with van der Waals surface area (Å²) in [5.41, 5.74) is 0.946. The number of hydrogen-bond acceptors (Lipinski definition) is 2. The molecule has 0 aliphatic heterocycles. The highest BCUT2D eigenvalue weighted by atomic mass is 16.5. The first-order chi connectivity index (χ1) is 7.36. The van der Waals surface area contributed by atoms with Crippen molar-refractivity contribution in [3.8, 4) is 23.6 Å². The molecule has 3 nitrogen and oxygen atoms in total. The van der Waals surface area contributed by atoms with E-state index in [0.717, 1.165) is 11.3 Å². The van der Waals surface area contributed by atoms with Crippen molar-refractivity contribution in [1.82, 2.24) is 0 Å². The molecule has 0 saturated carbocycles. The minimum atomic E-state index is 0.597. The third-order valence-electron chi connectivity index (χ3n) is 1.74. The third-order valence-corrected chi connectivity index (χ3v) is 1.74. The molecule has 0 atom stereocenters. The van der Waals surface area contributed by atoms with Crippen LogP contribution in [0.2, 0.25) is 0 Å². The van der Waals surface area contributed by atoms with E-state index in [0.29, 0.717) is 6.54 Å². The lowest BCUT2D eigenvalue weighted by atomic mass is 9.99. The highest BCUT2D eigenvalue weighted by Gasteiger charge is 1.88. The van der Waals surface area contributed by atoms with E-state index in [4.69, 9.17) is 10.00 Å². The fraction of sp³-hybridized carbons (Fsp3) is 0.182. The molecule has 0 aliphatic rings. The van der Waals surface area contributed by atoms with E-state index in [1.807, 2.05) is 30.2 Å². The van der Waals surface area contributed by atoms with Gasteiger partial charge < -0.3 is 9.96 Å². The van der Waals surface area contributed by atoms with Crippen LogP contribution in [0, 0.1) is 23.1 Å². The topological polar surface area (TPSA) is 49.6 Å². The van der Waals surface area contributed by atoms with Gasteiger partial charge >= 0.3 is 0 Å². The molecule has 0 heterocycles. The zero-order chi connectivity index (χ0) is 10.9. The Kier molecular flexibility index (Phi) is 4.87. The molecule has 1 rings (SSSR count). The van der Waals surface area contributed by atoms with Crippen LogP contribution in [0.5, 0.6) is 5.75 Å². The van der Waals surface area contributed by atoms with E-state index < -0.39 is 0 Å². The van der Waals surface area contributed by atoms with Gasteiger partial charge in [0.05, 0.1) is 13.7 Å². The summed E-state index contributed by atoms with van der Waals surface area (Å²) in [5, 5.41) is 9.97. The Morgan fingerprint density at radius 3 is 2.73 bits per heavy atom. The van der Waals surface area contributed by atoms with Gasteiger partial charge in [-0.25, -0.2) is 5.26 Å².